The first-order chi connectivity index (χ1) is 17.2. The predicted octanol–water partition coefficient (Wildman–Crippen LogP) is 3.14. The SMILES string of the molecule is CNC(=O)[C@@H](NC(=O)c1nc(-c2ccccc2)n2c1CCN(C(=O)c1ccccc1)CC2)C(C)(C)C. The molecule has 0 aliphatic carbocycles. The molecule has 0 saturated heterocycles. The molecule has 2 N–H and O–H groups in total. The first-order valence-electron chi connectivity index (χ1n) is 12.2. The van der Waals surface area contributed by atoms with Crippen molar-refractivity contribution in [1.29, 1.82) is 0 Å². The van der Waals surface area contributed by atoms with Crippen LogP contribution in [-0.4, -0.2) is 58.4 Å². The Bertz CT molecular complexity index is 1250. The van der Waals surface area contributed by atoms with E-state index < -0.39 is 17.4 Å². The van der Waals surface area contributed by atoms with E-state index in [2.05, 4.69) is 10.6 Å². The zero-order valence-corrected chi connectivity index (χ0v) is 21.2. The quantitative estimate of drug-likeness (QED) is 0.578. The van der Waals surface area contributed by atoms with Crippen LogP contribution < -0.4 is 10.6 Å². The second-order valence-electron chi connectivity index (χ2n) is 10.0. The van der Waals surface area contributed by atoms with Gasteiger partial charge in [-0.1, -0.05) is 69.3 Å². The first kappa shape index (κ1) is 25.2. The summed E-state index contributed by atoms with van der Waals surface area (Å²) in [5.41, 5.74) is 2.09. The number of fused-ring (bicyclic) bond motifs is 1. The minimum Gasteiger partial charge on any atom is -0.357 e. The van der Waals surface area contributed by atoms with E-state index in [-0.39, 0.29) is 11.8 Å². The number of imidazole rings is 1. The molecule has 2 aromatic carbocycles. The number of nitrogens with one attached hydrogen (secondary N) is 2. The minimum absolute atomic E-state index is 0.0333. The van der Waals surface area contributed by atoms with Crippen LogP contribution in [0.3, 0.4) is 0 Å². The summed E-state index contributed by atoms with van der Waals surface area (Å²) in [5.74, 6) is -0.0117. The Kier molecular flexibility index (Phi) is 7.24. The molecule has 1 aromatic heterocycles. The average Bonchev–Trinajstić information content (AvgIpc) is 3.11. The zero-order valence-electron chi connectivity index (χ0n) is 21.2. The molecule has 0 spiro atoms. The Labute approximate surface area is 211 Å². The maximum atomic E-state index is 13.5. The number of likely N-dealkylation sites (N-methyl/N-ethyl adjacent to an activating group) is 1. The number of nitrogens with zero attached hydrogens (tertiary/aromatic N) is 3. The van der Waals surface area contributed by atoms with E-state index in [1.807, 2.05) is 90.9 Å². The van der Waals surface area contributed by atoms with Crippen molar-refractivity contribution in [3.05, 3.63) is 77.6 Å². The van der Waals surface area contributed by atoms with E-state index >= 15 is 0 Å². The zero-order chi connectivity index (χ0) is 25.9. The van der Waals surface area contributed by atoms with Crippen molar-refractivity contribution in [1.82, 2.24) is 25.1 Å². The van der Waals surface area contributed by atoms with Gasteiger partial charge in [0.2, 0.25) is 5.91 Å². The molecule has 1 aliphatic heterocycles. The Balaban J connectivity index is 1.69. The summed E-state index contributed by atoms with van der Waals surface area (Å²) in [7, 11) is 1.56. The normalized spacial score (nSPS) is 14.4. The predicted molar refractivity (Wildman–Crippen MR) is 138 cm³/mol. The molecule has 0 radical (unpaired) electrons. The van der Waals surface area contributed by atoms with Gasteiger partial charge in [0.1, 0.15) is 17.6 Å². The molecule has 36 heavy (non-hydrogen) atoms. The number of benzene rings is 2. The van der Waals surface area contributed by atoms with Crippen molar-refractivity contribution >= 4 is 17.7 Å². The lowest BCUT2D eigenvalue weighted by molar-refractivity contribution is -0.124. The molecule has 0 fully saturated rings. The number of rotatable bonds is 5. The molecule has 8 heteroatoms. The van der Waals surface area contributed by atoms with Crippen molar-refractivity contribution in [2.45, 2.75) is 39.8 Å². The molecule has 3 amide bonds. The molecule has 0 saturated carbocycles. The lowest BCUT2D eigenvalue weighted by Gasteiger charge is -2.29. The van der Waals surface area contributed by atoms with E-state index in [1.54, 1.807) is 7.05 Å². The van der Waals surface area contributed by atoms with Gasteiger partial charge in [0.05, 0.1) is 5.69 Å². The van der Waals surface area contributed by atoms with E-state index in [9.17, 15) is 14.4 Å². The summed E-state index contributed by atoms with van der Waals surface area (Å²) in [5, 5.41) is 5.55. The Hall–Kier alpha value is -3.94. The van der Waals surface area contributed by atoms with Gasteiger partial charge >= 0.3 is 0 Å². The lowest BCUT2D eigenvalue weighted by Crippen LogP contribution is -2.53. The topological polar surface area (TPSA) is 96.3 Å². The third-order valence-corrected chi connectivity index (χ3v) is 6.49. The Morgan fingerprint density at radius 2 is 1.56 bits per heavy atom. The fourth-order valence-corrected chi connectivity index (χ4v) is 4.53. The first-order valence-corrected chi connectivity index (χ1v) is 12.2. The van der Waals surface area contributed by atoms with Crippen molar-refractivity contribution in [3.63, 3.8) is 0 Å². The maximum Gasteiger partial charge on any atom is 0.272 e. The molecule has 8 nitrogen and oxygen atoms in total. The van der Waals surface area contributed by atoms with Crippen LogP contribution >= 0.6 is 0 Å². The number of amides is 3. The molecule has 0 bridgehead atoms. The van der Waals surface area contributed by atoms with Gasteiger partial charge < -0.3 is 20.1 Å². The third-order valence-electron chi connectivity index (χ3n) is 6.49. The number of hydrogen-bond donors (Lipinski definition) is 2. The summed E-state index contributed by atoms with van der Waals surface area (Å²) < 4.78 is 2.04. The molecule has 188 valence electrons. The average molecular weight is 488 g/mol. The van der Waals surface area contributed by atoms with Crippen molar-refractivity contribution in [2.24, 2.45) is 5.41 Å². The minimum atomic E-state index is -0.727. The molecular weight excluding hydrogens is 454 g/mol. The number of carbonyl (C=O) groups is 3. The molecule has 1 aliphatic rings. The van der Waals surface area contributed by atoms with Crippen LogP contribution in [-0.2, 0) is 17.8 Å². The van der Waals surface area contributed by atoms with Crippen LogP contribution in [0.25, 0.3) is 11.4 Å². The van der Waals surface area contributed by atoms with Gasteiger partial charge in [-0.25, -0.2) is 4.98 Å². The second kappa shape index (κ2) is 10.4. The van der Waals surface area contributed by atoms with Gasteiger partial charge in [-0.3, -0.25) is 14.4 Å². The van der Waals surface area contributed by atoms with Gasteiger partial charge in [0.15, 0.2) is 0 Å². The van der Waals surface area contributed by atoms with Crippen molar-refractivity contribution in [2.75, 3.05) is 20.1 Å². The Morgan fingerprint density at radius 3 is 2.17 bits per heavy atom. The number of carbonyl (C=O) groups excluding carboxylic acids is 3. The fourth-order valence-electron chi connectivity index (χ4n) is 4.53. The molecule has 1 atom stereocenters. The van der Waals surface area contributed by atoms with Crippen molar-refractivity contribution in [3.8, 4) is 11.4 Å². The smallest absolute Gasteiger partial charge is 0.272 e. The van der Waals surface area contributed by atoms with E-state index in [0.29, 0.717) is 43.1 Å². The molecule has 0 unspecified atom stereocenters. The summed E-state index contributed by atoms with van der Waals surface area (Å²) in [4.78, 5) is 45.8. The molecule has 4 rings (SSSR count). The number of hydrogen-bond acceptors (Lipinski definition) is 4. The van der Waals surface area contributed by atoms with Crippen LogP contribution in [0.4, 0.5) is 0 Å². The van der Waals surface area contributed by atoms with Crippen molar-refractivity contribution < 1.29 is 14.4 Å². The van der Waals surface area contributed by atoms with Crippen LogP contribution in [0.1, 0.15) is 47.3 Å². The highest BCUT2D eigenvalue weighted by molar-refractivity contribution is 5.98. The van der Waals surface area contributed by atoms with Gasteiger partial charge in [-0.05, 0) is 17.5 Å². The largest absolute Gasteiger partial charge is 0.357 e. The molecular formula is C28H33N5O3. The number of aromatic nitrogens is 2. The monoisotopic (exact) mass is 487 g/mol. The van der Waals surface area contributed by atoms with Crippen LogP contribution in [0, 0.1) is 5.41 Å². The molecule has 2 heterocycles. The van der Waals surface area contributed by atoms with E-state index in [0.717, 1.165) is 11.3 Å². The summed E-state index contributed by atoms with van der Waals surface area (Å²) in [6, 6.07) is 18.2. The maximum absolute atomic E-state index is 13.5. The third kappa shape index (κ3) is 5.17. The fraction of sp³-hybridized carbons (Fsp3) is 0.357. The highest BCUT2D eigenvalue weighted by Crippen LogP contribution is 2.27. The van der Waals surface area contributed by atoms with Gasteiger partial charge in [0.25, 0.3) is 11.8 Å². The van der Waals surface area contributed by atoms with E-state index in [1.165, 1.54) is 0 Å². The van der Waals surface area contributed by atoms with E-state index in [4.69, 9.17) is 4.98 Å². The molecule has 3 aromatic rings. The standard InChI is InChI=1S/C28H33N5O3/c1-28(2,3)23(26(35)29-4)31-25(34)22-21-15-16-32(27(36)20-13-9-6-10-14-20)17-18-33(21)24(30-22)19-11-7-5-8-12-19/h5-14,23H,15-18H2,1-4H3,(H,29,35)(H,31,34)/t23-/m1/s1. The van der Waals surface area contributed by atoms with Gasteiger partial charge in [-0.15, -0.1) is 0 Å². The summed E-state index contributed by atoms with van der Waals surface area (Å²) >= 11 is 0. The van der Waals surface area contributed by atoms with Crippen LogP contribution in [0.2, 0.25) is 0 Å². The lowest BCUT2D eigenvalue weighted by atomic mass is 9.86. The Morgan fingerprint density at radius 1 is 0.917 bits per heavy atom. The summed E-state index contributed by atoms with van der Waals surface area (Å²) in [6.45, 7) is 7.19. The highest BCUT2D eigenvalue weighted by Gasteiger charge is 2.35. The van der Waals surface area contributed by atoms with Crippen LogP contribution in [0.15, 0.2) is 60.7 Å². The second-order valence-corrected chi connectivity index (χ2v) is 10.0. The van der Waals surface area contributed by atoms with Gasteiger partial charge in [0, 0.05) is 44.2 Å². The van der Waals surface area contributed by atoms with Gasteiger partial charge in [-0.2, -0.15) is 0 Å². The van der Waals surface area contributed by atoms with Crippen LogP contribution in [0.5, 0.6) is 0 Å². The highest BCUT2D eigenvalue weighted by atomic mass is 16.2. The summed E-state index contributed by atoms with van der Waals surface area (Å²) in [6.07, 6.45) is 0.474.